The van der Waals surface area contributed by atoms with Gasteiger partial charge in [-0.2, -0.15) is 5.10 Å². The van der Waals surface area contributed by atoms with Gasteiger partial charge in [-0.15, -0.1) is 11.3 Å². The number of thiazole rings is 1. The van der Waals surface area contributed by atoms with Crippen molar-refractivity contribution in [2.24, 2.45) is 5.10 Å². The largest absolute Gasteiger partial charge is 0.455 e. The first-order valence-electron chi connectivity index (χ1n) is 9.39. The lowest BCUT2D eigenvalue weighted by Crippen LogP contribution is -2.03. The summed E-state index contributed by atoms with van der Waals surface area (Å²) in [6.07, 6.45) is 1.56. The highest BCUT2D eigenvalue weighted by atomic mass is 79.9. The number of rotatable bonds is 5. The molecule has 0 aliphatic heterocycles. The molecule has 5 aromatic rings. The van der Waals surface area contributed by atoms with Crippen LogP contribution in [-0.4, -0.2) is 11.2 Å². The standard InChI is InChI=1S/C23H13BrClN3O3S/c24-15-3-7-21-14(9-15)10-18(22(29)31-21)19-12-32-23(27-19)28-26-11-17-6-8-20(30-17)13-1-4-16(25)5-2-13/h1-12H,(H,27,28)/b26-11+. The third-order valence-corrected chi connectivity index (χ3v) is 6.07. The lowest BCUT2D eigenvalue weighted by molar-refractivity contribution is 0.563. The van der Waals surface area contributed by atoms with Crippen LogP contribution in [0.4, 0.5) is 5.13 Å². The Morgan fingerprint density at radius 1 is 1.06 bits per heavy atom. The SMILES string of the molecule is O=c1oc2ccc(Br)cc2cc1-c1csc(N/N=C/c2ccc(-c3ccc(Cl)cc3)o2)n1. The third-order valence-electron chi connectivity index (χ3n) is 4.58. The monoisotopic (exact) mass is 525 g/mol. The fraction of sp³-hybridized carbons (Fsp3) is 0. The molecular formula is C23H13BrClN3O3S. The van der Waals surface area contributed by atoms with Crippen molar-refractivity contribution in [2.75, 3.05) is 5.43 Å². The van der Waals surface area contributed by atoms with Crippen LogP contribution in [0.15, 0.2) is 89.2 Å². The molecule has 3 heterocycles. The Hall–Kier alpha value is -3.20. The molecule has 158 valence electrons. The van der Waals surface area contributed by atoms with Crippen LogP contribution in [0.1, 0.15) is 5.76 Å². The van der Waals surface area contributed by atoms with Crippen molar-refractivity contribution >= 4 is 61.2 Å². The van der Waals surface area contributed by atoms with Gasteiger partial charge < -0.3 is 8.83 Å². The van der Waals surface area contributed by atoms with E-state index in [0.717, 1.165) is 15.4 Å². The summed E-state index contributed by atoms with van der Waals surface area (Å²) in [4.78, 5) is 16.8. The van der Waals surface area contributed by atoms with Crippen molar-refractivity contribution in [1.82, 2.24) is 4.98 Å². The predicted molar refractivity (Wildman–Crippen MR) is 132 cm³/mol. The van der Waals surface area contributed by atoms with E-state index in [1.807, 2.05) is 48.5 Å². The molecule has 0 aliphatic rings. The molecule has 0 aliphatic carbocycles. The highest BCUT2D eigenvalue weighted by molar-refractivity contribution is 9.10. The van der Waals surface area contributed by atoms with Crippen LogP contribution >= 0.6 is 38.9 Å². The molecule has 1 N–H and O–H groups in total. The van der Waals surface area contributed by atoms with Crippen LogP contribution in [0.2, 0.25) is 5.02 Å². The fourth-order valence-electron chi connectivity index (χ4n) is 3.06. The van der Waals surface area contributed by atoms with Gasteiger partial charge in [0.1, 0.15) is 17.1 Å². The van der Waals surface area contributed by atoms with Gasteiger partial charge in [0.25, 0.3) is 0 Å². The maximum Gasteiger partial charge on any atom is 0.345 e. The van der Waals surface area contributed by atoms with Gasteiger partial charge in [-0.25, -0.2) is 9.78 Å². The second-order valence-electron chi connectivity index (χ2n) is 6.75. The Kier molecular flexibility index (Phi) is 5.65. The van der Waals surface area contributed by atoms with E-state index in [4.69, 9.17) is 20.4 Å². The molecule has 6 nitrogen and oxygen atoms in total. The van der Waals surface area contributed by atoms with Crippen molar-refractivity contribution in [3.05, 3.63) is 91.7 Å². The number of hydrogen-bond donors (Lipinski definition) is 1. The van der Waals surface area contributed by atoms with Crippen molar-refractivity contribution in [3.8, 4) is 22.6 Å². The maximum atomic E-state index is 12.4. The third kappa shape index (κ3) is 4.38. The van der Waals surface area contributed by atoms with E-state index in [9.17, 15) is 4.79 Å². The molecule has 0 spiro atoms. The van der Waals surface area contributed by atoms with Crippen molar-refractivity contribution in [2.45, 2.75) is 0 Å². The highest BCUT2D eigenvalue weighted by Gasteiger charge is 2.12. The summed E-state index contributed by atoms with van der Waals surface area (Å²) in [5, 5.41) is 7.97. The number of hydrazone groups is 1. The van der Waals surface area contributed by atoms with Crippen molar-refractivity contribution in [1.29, 1.82) is 0 Å². The molecule has 3 aromatic heterocycles. The van der Waals surface area contributed by atoms with E-state index in [2.05, 4.69) is 31.4 Å². The summed E-state index contributed by atoms with van der Waals surface area (Å²) in [5.41, 5.74) is 4.78. The molecular weight excluding hydrogens is 514 g/mol. The zero-order chi connectivity index (χ0) is 22.1. The average molecular weight is 527 g/mol. The Morgan fingerprint density at radius 3 is 2.75 bits per heavy atom. The van der Waals surface area contributed by atoms with Gasteiger partial charge in [0.2, 0.25) is 5.13 Å². The van der Waals surface area contributed by atoms with E-state index >= 15 is 0 Å². The van der Waals surface area contributed by atoms with Gasteiger partial charge >= 0.3 is 5.63 Å². The minimum atomic E-state index is -0.439. The summed E-state index contributed by atoms with van der Waals surface area (Å²) >= 11 is 10.7. The zero-order valence-electron chi connectivity index (χ0n) is 16.2. The molecule has 0 atom stereocenters. The smallest absolute Gasteiger partial charge is 0.345 e. The number of furan rings is 1. The van der Waals surface area contributed by atoms with E-state index in [-0.39, 0.29) is 0 Å². The number of anilines is 1. The number of nitrogens with one attached hydrogen (secondary N) is 1. The molecule has 0 saturated carbocycles. The Balaban J connectivity index is 1.31. The van der Waals surface area contributed by atoms with Gasteiger partial charge in [0.15, 0.2) is 0 Å². The van der Waals surface area contributed by atoms with Crippen LogP contribution in [0.5, 0.6) is 0 Å². The molecule has 32 heavy (non-hydrogen) atoms. The molecule has 0 unspecified atom stereocenters. The molecule has 0 amide bonds. The summed E-state index contributed by atoms with van der Waals surface area (Å²) < 4.78 is 12.1. The minimum absolute atomic E-state index is 0.391. The predicted octanol–water partition coefficient (Wildman–Crippen LogP) is 7.04. The number of benzene rings is 2. The number of aromatic nitrogens is 1. The average Bonchev–Trinajstić information content (AvgIpc) is 3.44. The van der Waals surface area contributed by atoms with Crippen LogP contribution in [0.25, 0.3) is 33.6 Å². The quantitative estimate of drug-likeness (QED) is 0.151. The second-order valence-corrected chi connectivity index (χ2v) is 8.96. The molecule has 0 bridgehead atoms. The number of halogens is 2. The van der Waals surface area contributed by atoms with Gasteiger partial charge in [-0.05, 0) is 60.7 Å². The summed E-state index contributed by atoms with van der Waals surface area (Å²) in [7, 11) is 0. The van der Waals surface area contributed by atoms with Crippen LogP contribution in [0, 0.1) is 0 Å². The molecule has 0 radical (unpaired) electrons. The van der Waals surface area contributed by atoms with Crippen LogP contribution in [-0.2, 0) is 0 Å². The summed E-state index contributed by atoms with van der Waals surface area (Å²) in [6, 6.07) is 18.3. The Labute approximate surface area is 199 Å². The highest BCUT2D eigenvalue weighted by Crippen LogP contribution is 2.27. The van der Waals surface area contributed by atoms with Crippen LogP contribution in [0.3, 0.4) is 0 Å². The summed E-state index contributed by atoms with van der Waals surface area (Å²) in [5.74, 6) is 1.30. The summed E-state index contributed by atoms with van der Waals surface area (Å²) in [6.45, 7) is 0. The minimum Gasteiger partial charge on any atom is -0.455 e. The molecule has 0 saturated heterocycles. The molecule has 2 aromatic carbocycles. The Bertz CT molecular complexity index is 1510. The van der Waals surface area contributed by atoms with Gasteiger partial charge in [0.05, 0.1) is 17.5 Å². The fourth-order valence-corrected chi connectivity index (χ4v) is 4.23. The van der Waals surface area contributed by atoms with Crippen LogP contribution < -0.4 is 11.1 Å². The van der Waals surface area contributed by atoms with Crippen molar-refractivity contribution < 1.29 is 8.83 Å². The zero-order valence-corrected chi connectivity index (χ0v) is 19.4. The first-order valence-corrected chi connectivity index (χ1v) is 11.4. The van der Waals surface area contributed by atoms with E-state index in [0.29, 0.717) is 38.5 Å². The first kappa shape index (κ1) is 20.7. The van der Waals surface area contributed by atoms with E-state index in [1.54, 1.807) is 23.7 Å². The first-order chi connectivity index (χ1) is 15.5. The maximum absolute atomic E-state index is 12.4. The number of nitrogens with zero attached hydrogens (tertiary/aromatic N) is 2. The van der Waals surface area contributed by atoms with Gasteiger partial charge in [0, 0.05) is 25.8 Å². The van der Waals surface area contributed by atoms with Crippen molar-refractivity contribution in [3.63, 3.8) is 0 Å². The van der Waals surface area contributed by atoms with E-state index < -0.39 is 5.63 Å². The lowest BCUT2D eigenvalue weighted by Gasteiger charge is -2.00. The number of fused-ring (bicyclic) bond motifs is 1. The van der Waals surface area contributed by atoms with E-state index in [1.165, 1.54) is 11.3 Å². The second kappa shape index (κ2) is 8.74. The lowest BCUT2D eigenvalue weighted by atomic mass is 10.1. The van der Waals surface area contributed by atoms with Gasteiger partial charge in [-0.3, -0.25) is 5.43 Å². The molecule has 9 heteroatoms. The topological polar surface area (TPSA) is 80.6 Å². The normalized spacial score (nSPS) is 11.4. The molecule has 5 rings (SSSR count). The molecule has 0 fully saturated rings. The van der Waals surface area contributed by atoms with Gasteiger partial charge in [-0.1, -0.05) is 27.5 Å². The Morgan fingerprint density at radius 2 is 1.91 bits per heavy atom. The number of hydrogen-bond acceptors (Lipinski definition) is 7.